The van der Waals surface area contributed by atoms with E-state index in [0.29, 0.717) is 0 Å². The van der Waals surface area contributed by atoms with Crippen LogP contribution in [0.15, 0.2) is 35.5 Å². The lowest BCUT2D eigenvalue weighted by atomic mass is 10.1. The minimum absolute atomic E-state index is 0.0125. The quantitative estimate of drug-likeness (QED) is 0.564. The Morgan fingerprint density at radius 3 is 2.56 bits per heavy atom. The van der Waals surface area contributed by atoms with Gasteiger partial charge in [0.05, 0.1) is 41.9 Å². The third-order valence-corrected chi connectivity index (χ3v) is 3.96. The molecule has 11 heteroatoms. The number of esters is 2. The SMILES string of the molecule is CCOC(=O)C1=C(COC(=O)c2ccccc2NS(C)(=O)=O)NC(=O)NC1. The van der Waals surface area contributed by atoms with Gasteiger partial charge in [-0.25, -0.2) is 22.8 Å². The standard InChI is InChI=1S/C16H19N3O7S/c1-3-25-15(21)11-8-17-16(22)18-13(11)9-26-14(20)10-6-4-5-7-12(10)19-27(2,23)24/h4-7,19H,3,8-9H2,1-2H3,(H2,17,18,22). The van der Waals surface area contributed by atoms with Crippen molar-refractivity contribution in [2.45, 2.75) is 6.92 Å². The van der Waals surface area contributed by atoms with E-state index >= 15 is 0 Å². The van der Waals surface area contributed by atoms with E-state index in [4.69, 9.17) is 9.47 Å². The highest BCUT2D eigenvalue weighted by molar-refractivity contribution is 7.92. The average Bonchev–Trinajstić information content (AvgIpc) is 2.59. The number of hydrogen-bond acceptors (Lipinski definition) is 7. The van der Waals surface area contributed by atoms with Gasteiger partial charge in [0.2, 0.25) is 10.0 Å². The minimum atomic E-state index is -3.60. The second-order valence-corrected chi connectivity index (χ2v) is 7.23. The van der Waals surface area contributed by atoms with Gasteiger partial charge in [0.1, 0.15) is 6.61 Å². The van der Waals surface area contributed by atoms with Gasteiger partial charge in [0.15, 0.2) is 0 Å². The predicted octanol–water partition coefficient (Wildman–Crippen LogP) is 0.345. The molecule has 10 nitrogen and oxygen atoms in total. The van der Waals surface area contributed by atoms with Crippen molar-refractivity contribution in [2.75, 3.05) is 30.7 Å². The number of sulfonamides is 1. The Labute approximate surface area is 156 Å². The highest BCUT2D eigenvalue weighted by Crippen LogP contribution is 2.18. The van der Waals surface area contributed by atoms with Crippen LogP contribution in [0, 0.1) is 0 Å². The van der Waals surface area contributed by atoms with Crippen molar-refractivity contribution in [1.82, 2.24) is 10.6 Å². The van der Waals surface area contributed by atoms with Gasteiger partial charge in [-0.1, -0.05) is 12.1 Å². The van der Waals surface area contributed by atoms with Gasteiger partial charge >= 0.3 is 18.0 Å². The van der Waals surface area contributed by atoms with Gasteiger partial charge in [0, 0.05) is 0 Å². The van der Waals surface area contributed by atoms with Crippen molar-refractivity contribution in [3.63, 3.8) is 0 Å². The van der Waals surface area contributed by atoms with E-state index in [1.165, 1.54) is 12.1 Å². The van der Waals surface area contributed by atoms with Gasteiger partial charge in [-0.3, -0.25) is 4.72 Å². The monoisotopic (exact) mass is 397 g/mol. The van der Waals surface area contributed by atoms with Crippen LogP contribution in [0.1, 0.15) is 17.3 Å². The molecule has 1 aliphatic rings. The number of carbonyl (C=O) groups excluding carboxylic acids is 3. The van der Waals surface area contributed by atoms with E-state index in [-0.39, 0.29) is 35.7 Å². The summed E-state index contributed by atoms with van der Waals surface area (Å²) in [7, 11) is -3.60. The molecule has 0 fully saturated rings. The van der Waals surface area contributed by atoms with Gasteiger partial charge in [-0.2, -0.15) is 0 Å². The summed E-state index contributed by atoms with van der Waals surface area (Å²) >= 11 is 0. The molecule has 0 radical (unpaired) electrons. The first-order valence-electron chi connectivity index (χ1n) is 7.89. The first kappa shape index (κ1) is 20.2. The number of anilines is 1. The first-order valence-corrected chi connectivity index (χ1v) is 9.78. The van der Waals surface area contributed by atoms with Crippen molar-refractivity contribution in [2.24, 2.45) is 0 Å². The zero-order chi connectivity index (χ0) is 20.0. The molecule has 1 heterocycles. The highest BCUT2D eigenvalue weighted by Gasteiger charge is 2.25. The number of carbonyl (C=O) groups is 3. The van der Waals surface area contributed by atoms with Crippen LogP contribution < -0.4 is 15.4 Å². The van der Waals surface area contributed by atoms with Crippen LogP contribution in [0.4, 0.5) is 10.5 Å². The van der Waals surface area contributed by atoms with E-state index in [9.17, 15) is 22.8 Å². The molecule has 0 bridgehead atoms. The maximum atomic E-state index is 12.4. The van der Waals surface area contributed by atoms with Gasteiger partial charge < -0.3 is 20.1 Å². The summed E-state index contributed by atoms with van der Waals surface area (Å²) in [5.74, 6) is -1.47. The Balaban J connectivity index is 2.18. The van der Waals surface area contributed by atoms with Crippen LogP contribution in [0.25, 0.3) is 0 Å². The second-order valence-electron chi connectivity index (χ2n) is 5.48. The zero-order valence-corrected chi connectivity index (χ0v) is 15.5. The van der Waals surface area contributed by atoms with E-state index in [2.05, 4.69) is 15.4 Å². The largest absolute Gasteiger partial charge is 0.463 e. The molecule has 146 valence electrons. The summed E-state index contributed by atoms with van der Waals surface area (Å²) in [6, 6.07) is 5.34. The van der Waals surface area contributed by atoms with E-state index in [0.717, 1.165) is 6.26 Å². The highest BCUT2D eigenvalue weighted by atomic mass is 32.2. The maximum absolute atomic E-state index is 12.4. The number of para-hydroxylation sites is 1. The summed E-state index contributed by atoms with van der Waals surface area (Å²) in [6.07, 6.45) is 0.954. The minimum Gasteiger partial charge on any atom is -0.463 e. The van der Waals surface area contributed by atoms with Crippen LogP contribution in [0.2, 0.25) is 0 Å². The number of amides is 2. The molecule has 0 unspecified atom stereocenters. The predicted molar refractivity (Wildman–Crippen MR) is 95.4 cm³/mol. The lowest BCUT2D eigenvalue weighted by Crippen LogP contribution is -2.45. The summed E-state index contributed by atoms with van der Waals surface area (Å²) < 4.78 is 35.1. The molecule has 0 saturated heterocycles. The van der Waals surface area contributed by atoms with E-state index in [1.807, 2.05) is 0 Å². The molecule has 0 atom stereocenters. The topological polar surface area (TPSA) is 140 Å². The fourth-order valence-electron chi connectivity index (χ4n) is 2.23. The molecule has 0 aromatic heterocycles. The number of ether oxygens (including phenoxy) is 2. The Hall–Kier alpha value is -3.08. The van der Waals surface area contributed by atoms with Gasteiger partial charge in [-0.05, 0) is 19.1 Å². The van der Waals surface area contributed by atoms with Crippen molar-refractivity contribution < 1.29 is 32.3 Å². The molecule has 1 aliphatic heterocycles. The molecule has 2 amide bonds. The Morgan fingerprint density at radius 2 is 1.89 bits per heavy atom. The molecule has 27 heavy (non-hydrogen) atoms. The number of nitrogens with one attached hydrogen (secondary N) is 3. The molecule has 1 aromatic rings. The normalized spacial score (nSPS) is 14.1. The third kappa shape index (κ3) is 5.71. The molecule has 0 aliphatic carbocycles. The lowest BCUT2D eigenvalue weighted by molar-refractivity contribution is -0.138. The van der Waals surface area contributed by atoms with Crippen molar-refractivity contribution >= 4 is 33.7 Å². The summed E-state index contributed by atoms with van der Waals surface area (Å²) in [6.45, 7) is 1.32. The molecule has 0 spiro atoms. The fourth-order valence-corrected chi connectivity index (χ4v) is 2.81. The van der Waals surface area contributed by atoms with E-state index in [1.54, 1.807) is 19.1 Å². The maximum Gasteiger partial charge on any atom is 0.340 e. The molecule has 2 rings (SSSR count). The molecular weight excluding hydrogens is 378 g/mol. The number of hydrogen-bond donors (Lipinski definition) is 3. The summed E-state index contributed by atoms with van der Waals surface area (Å²) in [5, 5.41) is 4.84. The number of benzene rings is 1. The van der Waals surface area contributed by atoms with Crippen molar-refractivity contribution in [3.05, 3.63) is 41.1 Å². The Kier molecular flexibility index (Phi) is 6.40. The molecule has 3 N–H and O–H groups in total. The van der Waals surface area contributed by atoms with Crippen LogP contribution in [-0.4, -0.2) is 52.4 Å². The van der Waals surface area contributed by atoms with Gasteiger partial charge in [-0.15, -0.1) is 0 Å². The summed E-state index contributed by atoms with van der Waals surface area (Å²) in [4.78, 5) is 35.8. The lowest BCUT2D eigenvalue weighted by Gasteiger charge is -2.21. The van der Waals surface area contributed by atoms with Crippen molar-refractivity contribution in [3.8, 4) is 0 Å². The van der Waals surface area contributed by atoms with Crippen LogP contribution in [0.5, 0.6) is 0 Å². The van der Waals surface area contributed by atoms with Crippen molar-refractivity contribution in [1.29, 1.82) is 0 Å². The Morgan fingerprint density at radius 1 is 1.19 bits per heavy atom. The average molecular weight is 397 g/mol. The molecular formula is C16H19N3O7S. The smallest absolute Gasteiger partial charge is 0.340 e. The van der Waals surface area contributed by atoms with E-state index < -0.39 is 34.6 Å². The fraction of sp³-hybridized carbons (Fsp3) is 0.312. The van der Waals surface area contributed by atoms with Crippen LogP contribution >= 0.6 is 0 Å². The first-order chi connectivity index (χ1) is 12.7. The Bertz CT molecular complexity index is 893. The van der Waals surface area contributed by atoms with Gasteiger partial charge in [0.25, 0.3) is 0 Å². The van der Waals surface area contributed by atoms with Crippen LogP contribution in [-0.2, 0) is 24.3 Å². The third-order valence-electron chi connectivity index (χ3n) is 3.37. The number of urea groups is 1. The zero-order valence-electron chi connectivity index (χ0n) is 14.7. The molecule has 1 aromatic carbocycles. The number of rotatable bonds is 7. The second kappa shape index (κ2) is 8.54. The summed E-state index contributed by atoms with van der Waals surface area (Å²) in [5.41, 5.74) is 0.270. The molecule has 0 saturated carbocycles. The van der Waals surface area contributed by atoms with Crippen LogP contribution in [0.3, 0.4) is 0 Å².